The molecule has 1 aliphatic heterocycles. The Morgan fingerprint density at radius 1 is 1.75 bits per heavy atom. The van der Waals surface area contributed by atoms with Crippen LogP contribution in [0.4, 0.5) is 5.95 Å². The van der Waals surface area contributed by atoms with Gasteiger partial charge in [0.15, 0.2) is 0 Å². The minimum Gasteiger partial charge on any atom is -0.375 e. The van der Waals surface area contributed by atoms with Crippen molar-refractivity contribution in [2.24, 2.45) is 0 Å². The van der Waals surface area contributed by atoms with Gasteiger partial charge in [0, 0.05) is 13.1 Å². The van der Waals surface area contributed by atoms with Crippen LogP contribution in [-0.2, 0) is 16.1 Å². The number of nitrogen functional groups attached to an aromatic ring is 1. The molecular weight excluding hydrogens is 210 g/mol. The SMILES string of the molecule is CC1CN(C(=O)Cn2cnc(N)n2)CCO1. The maximum atomic E-state index is 11.9. The number of morpholine rings is 1. The molecule has 7 nitrogen and oxygen atoms in total. The predicted molar refractivity (Wildman–Crippen MR) is 56.4 cm³/mol. The Labute approximate surface area is 93.2 Å². The molecule has 0 aliphatic carbocycles. The number of aromatic nitrogens is 3. The highest BCUT2D eigenvalue weighted by Crippen LogP contribution is 2.05. The number of hydrogen-bond acceptors (Lipinski definition) is 5. The number of anilines is 1. The molecule has 1 aromatic heterocycles. The van der Waals surface area contributed by atoms with Crippen molar-refractivity contribution in [2.75, 3.05) is 25.4 Å². The molecular formula is C9H15N5O2. The van der Waals surface area contributed by atoms with Gasteiger partial charge < -0.3 is 15.4 Å². The van der Waals surface area contributed by atoms with Gasteiger partial charge in [-0.2, -0.15) is 0 Å². The maximum Gasteiger partial charge on any atom is 0.244 e. The fourth-order valence-corrected chi connectivity index (χ4v) is 1.67. The van der Waals surface area contributed by atoms with Gasteiger partial charge in [-0.25, -0.2) is 9.67 Å². The van der Waals surface area contributed by atoms with Gasteiger partial charge in [-0.3, -0.25) is 4.79 Å². The van der Waals surface area contributed by atoms with Crippen molar-refractivity contribution in [3.63, 3.8) is 0 Å². The van der Waals surface area contributed by atoms with E-state index in [4.69, 9.17) is 10.5 Å². The Kier molecular flexibility index (Phi) is 3.04. The average molecular weight is 225 g/mol. The quantitative estimate of drug-likeness (QED) is 0.705. The molecule has 7 heteroatoms. The van der Waals surface area contributed by atoms with E-state index in [1.165, 1.54) is 11.0 Å². The van der Waals surface area contributed by atoms with Gasteiger partial charge in [0.1, 0.15) is 12.9 Å². The van der Waals surface area contributed by atoms with Crippen LogP contribution in [0, 0.1) is 0 Å². The van der Waals surface area contributed by atoms with E-state index >= 15 is 0 Å². The summed E-state index contributed by atoms with van der Waals surface area (Å²) in [5, 5.41) is 3.87. The van der Waals surface area contributed by atoms with Crippen LogP contribution in [0.5, 0.6) is 0 Å². The van der Waals surface area contributed by atoms with Gasteiger partial charge in [0.05, 0.1) is 12.7 Å². The number of carbonyl (C=O) groups is 1. The van der Waals surface area contributed by atoms with Crippen molar-refractivity contribution in [1.82, 2.24) is 19.7 Å². The van der Waals surface area contributed by atoms with Crippen LogP contribution in [0.2, 0.25) is 0 Å². The number of nitrogens with zero attached hydrogens (tertiary/aromatic N) is 4. The van der Waals surface area contributed by atoms with E-state index in [0.717, 1.165) is 0 Å². The van der Waals surface area contributed by atoms with E-state index in [1.54, 1.807) is 4.90 Å². The lowest BCUT2D eigenvalue weighted by Gasteiger charge is -2.31. The Morgan fingerprint density at radius 3 is 3.19 bits per heavy atom. The molecule has 16 heavy (non-hydrogen) atoms. The Hall–Kier alpha value is -1.63. The summed E-state index contributed by atoms with van der Waals surface area (Å²) in [6, 6.07) is 0. The predicted octanol–water partition coefficient (Wildman–Crippen LogP) is -0.892. The third-order valence-corrected chi connectivity index (χ3v) is 2.45. The molecule has 0 saturated carbocycles. The first-order valence-electron chi connectivity index (χ1n) is 5.19. The van der Waals surface area contributed by atoms with Gasteiger partial charge in [-0.15, -0.1) is 5.10 Å². The zero-order chi connectivity index (χ0) is 11.5. The summed E-state index contributed by atoms with van der Waals surface area (Å²) < 4.78 is 6.81. The van der Waals surface area contributed by atoms with Gasteiger partial charge in [0.25, 0.3) is 0 Å². The Bertz CT molecular complexity index is 378. The van der Waals surface area contributed by atoms with Crippen LogP contribution in [0.15, 0.2) is 6.33 Å². The molecule has 2 heterocycles. The second kappa shape index (κ2) is 4.48. The first kappa shape index (κ1) is 10.9. The van der Waals surface area contributed by atoms with Crippen molar-refractivity contribution in [1.29, 1.82) is 0 Å². The Balaban J connectivity index is 1.92. The molecule has 2 N–H and O–H groups in total. The maximum absolute atomic E-state index is 11.9. The van der Waals surface area contributed by atoms with Crippen molar-refractivity contribution in [3.05, 3.63) is 6.33 Å². The monoisotopic (exact) mass is 225 g/mol. The minimum absolute atomic E-state index is 0.0139. The highest BCUT2D eigenvalue weighted by atomic mass is 16.5. The highest BCUT2D eigenvalue weighted by Gasteiger charge is 2.21. The lowest BCUT2D eigenvalue weighted by molar-refractivity contribution is -0.138. The van der Waals surface area contributed by atoms with Crippen molar-refractivity contribution < 1.29 is 9.53 Å². The molecule has 1 saturated heterocycles. The van der Waals surface area contributed by atoms with E-state index in [1.807, 2.05) is 6.92 Å². The molecule has 0 spiro atoms. The number of hydrogen-bond donors (Lipinski definition) is 1. The van der Waals surface area contributed by atoms with Gasteiger partial charge in [0.2, 0.25) is 11.9 Å². The van der Waals surface area contributed by atoms with Crippen LogP contribution in [-0.4, -0.2) is 51.4 Å². The normalized spacial score (nSPS) is 21.1. The van der Waals surface area contributed by atoms with Crippen molar-refractivity contribution in [2.45, 2.75) is 19.6 Å². The first-order valence-corrected chi connectivity index (χ1v) is 5.19. The average Bonchev–Trinajstić information content (AvgIpc) is 2.64. The third kappa shape index (κ3) is 2.48. The summed E-state index contributed by atoms with van der Waals surface area (Å²) in [4.78, 5) is 17.4. The molecule has 0 aromatic carbocycles. The molecule has 1 aliphatic rings. The van der Waals surface area contributed by atoms with E-state index in [2.05, 4.69) is 10.1 Å². The molecule has 88 valence electrons. The molecule has 0 bridgehead atoms. The summed E-state index contributed by atoms with van der Waals surface area (Å²) in [7, 11) is 0. The van der Waals surface area contributed by atoms with E-state index in [9.17, 15) is 4.79 Å². The number of amides is 1. The molecule has 1 unspecified atom stereocenters. The number of ether oxygens (including phenoxy) is 1. The summed E-state index contributed by atoms with van der Waals surface area (Å²) >= 11 is 0. The van der Waals surface area contributed by atoms with Gasteiger partial charge in [-0.05, 0) is 6.92 Å². The molecule has 1 atom stereocenters. The number of rotatable bonds is 2. The van der Waals surface area contributed by atoms with Crippen LogP contribution in [0.3, 0.4) is 0 Å². The summed E-state index contributed by atoms with van der Waals surface area (Å²) in [6.07, 6.45) is 1.55. The van der Waals surface area contributed by atoms with Gasteiger partial charge >= 0.3 is 0 Å². The molecule has 2 rings (SSSR count). The smallest absolute Gasteiger partial charge is 0.244 e. The standard InChI is InChI=1S/C9H15N5O2/c1-7-4-13(2-3-16-7)8(15)5-14-6-11-9(10)12-14/h6-7H,2-5H2,1H3,(H2,10,12). The second-order valence-electron chi connectivity index (χ2n) is 3.82. The molecule has 0 radical (unpaired) electrons. The van der Waals surface area contributed by atoms with Crippen LogP contribution in [0.1, 0.15) is 6.92 Å². The number of nitrogens with two attached hydrogens (primary N) is 1. The topological polar surface area (TPSA) is 86.3 Å². The van der Waals surface area contributed by atoms with Crippen LogP contribution in [0.25, 0.3) is 0 Å². The highest BCUT2D eigenvalue weighted by molar-refractivity contribution is 5.76. The molecule has 1 aromatic rings. The fourth-order valence-electron chi connectivity index (χ4n) is 1.67. The summed E-state index contributed by atoms with van der Waals surface area (Å²) in [6.45, 7) is 3.98. The van der Waals surface area contributed by atoms with Gasteiger partial charge in [-0.1, -0.05) is 0 Å². The lowest BCUT2D eigenvalue weighted by Crippen LogP contribution is -2.45. The largest absolute Gasteiger partial charge is 0.375 e. The summed E-state index contributed by atoms with van der Waals surface area (Å²) in [5.74, 6) is 0.197. The van der Waals surface area contributed by atoms with Crippen LogP contribution >= 0.6 is 0 Å². The van der Waals surface area contributed by atoms with E-state index in [0.29, 0.717) is 19.7 Å². The molecule has 1 amide bonds. The number of carbonyl (C=O) groups excluding carboxylic acids is 1. The minimum atomic E-state index is 0.0139. The van der Waals surface area contributed by atoms with Crippen molar-refractivity contribution in [3.8, 4) is 0 Å². The second-order valence-corrected chi connectivity index (χ2v) is 3.82. The summed E-state index contributed by atoms with van der Waals surface area (Å²) in [5.41, 5.74) is 5.37. The first-order chi connectivity index (χ1) is 7.65. The lowest BCUT2D eigenvalue weighted by atomic mass is 10.3. The third-order valence-electron chi connectivity index (χ3n) is 2.45. The van der Waals surface area contributed by atoms with E-state index in [-0.39, 0.29) is 24.5 Å². The fraction of sp³-hybridized carbons (Fsp3) is 0.667. The van der Waals surface area contributed by atoms with E-state index < -0.39 is 0 Å². The van der Waals surface area contributed by atoms with Crippen molar-refractivity contribution >= 4 is 11.9 Å². The van der Waals surface area contributed by atoms with Crippen LogP contribution < -0.4 is 5.73 Å². The zero-order valence-electron chi connectivity index (χ0n) is 9.17. The Morgan fingerprint density at radius 2 is 2.56 bits per heavy atom. The molecule has 1 fully saturated rings. The zero-order valence-corrected chi connectivity index (χ0v) is 9.17.